The standard InChI is InChI=1S/FH.2H2O.Y/h1H;2*1H2;/q;;;+3/p-3. The molecule has 4 heavy (non-hydrogen) atoms. The Kier molecular flexibility index (Phi) is 192. The van der Waals surface area contributed by atoms with Crippen LogP contribution in [-0.2, 0) is 31.7 Å². The first kappa shape index (κ1) is 20.3. The van der Waals surface area contributed by atoms with E-state index in [0.717, 1.165) is 0 Å². The Morgan fingerprint density at radius 3 is 1.00 bits per heavy atom. The zero-order valence-electron chi connectivity index (χ0n) is 1.85. The van der Waals surface area contributed by atoms with Gasteiger partial charge >= 0.3 is 33.6 Å². The van der Waals surface area contributed by atoms with E-state index in [1.54, 1.807) is 0 Å². The summed E-state index contributed by atoms with van der Waals surface area (Å²) in [6, 6.07) is 0. The van der Waals surface area contributed by atoms with Crippen molar-refractivity contribution >= 4 is 0 Å². The maximum absolute atomic E-state index is 9.63. The molecular formula is H2FO2Y. The van der Waals surface area contributed by atoms with Gasteiger partial charge in [0, 0.05) is 0 Å². The Morgan fingerprint density at radius 2 is 1.00 bits per heavy atom. The van der Waals surface area contributed by atoms with Gasteiger partial charge in [0.15, 0.2) is 0 Å². The summed E-state index contributed by atoms with van der Waals surface area (Å²) < 4.78 is 9.63. The van der Waals surface area contributed by atoms with E-state index in [4.69, 9.17) is 0 Å². The molecule has 2 nitrogen and oxygen atoms in total. The quantitative estimate of drug-likeness (QED) is 0.480. The average Bonchev–Trinajstić information content (AvgIpc) is 1.00. The molecule has 0 aliphatic carbocycles. The summed E-state index contributed by atoms with van der Waals surface area (Å²) in [5, 5.41) is 0. The molecule has 0 fully saturated rings. The normalized spacial score (nSPS) is 1.75. The first-order valence-corrected chi connectivity index (χ1v) is 1.29. The predicted molar refractivity (Wildman–Crippen MR) is 4.98 cm³/mol. The van der Waals surface area contributed by atoms with E-state index in [1.807, 2.05) is 0 Å². The van der Waals surface area contributed by atoms with Crippen LogP contribution >= 0.6 is 0 Å². The topological polar surface area (TPSA) is 60.0 Å². The second-order valence-corrected chi connectivity index (χ2v) is 0. The Balaban J connectivity index is -0.00000000500. The molecule has 0 aromatic carbocycles. The van der Waals surface area contributed by atoms with Gasteiger partial charge in [0.1, 0.15) is 0 Å². The summed E-state index contributed by atoms with van der Waals surface area (Å²) in [5.41, 5.74) is 0. The summed E-state index contributed by atoms with van der Waals surface area (Å²) >= 11 is -0.150. The van der Waals surface area contributed by atoms with Crippen molar-refractivity contribution in [1.82, 2.24) is 0 Å². The Bertz CT molecular complexity index is 6.00. The van der Waals surface area contributed by atoms with Gasteiger partial charge in [-0.15, -0.1) is 0 Å². The van der Waals surface area contributed by atoms with Crippen LogP contribution in [0, 0.1) is 0 Å². The second kappa shape index (κ2) is 37.9. The van der Waals surface area contributed by atoms with E-state index < -0.39 is 0 Å². The van der Waals surface area contributed by atoms with E-state index in [0.29, 0.717) is 0 Å². The van der Waals surface area contributed by atoms with Gasteiger partial charge in [-0.2, -0.15) is 0 Å². The maximum Gasteiger partial charge on any atom is -0.870 e. The van der Waals surface area contributed by atoms with Crippen LogP contribution in [0.3, 0.4) is 0 Å². The molecule has 24 valence electrons. The van der Waals surface area contributed by atoms with Crippen LogP contribution in [0.15, 0.2) is 0 Å². The molecule has 0 atom stereocenters. The third-order valence-corrected chi connectivity index (χ3v) is 0. The molecule has 0 heterocycles. The number of halogens is 1. The molecule has 0 amide bonds. The van der Waals surface area contributed by atoms with Crippen LogP contribution in [0.1, 0.15) is 0 Å². The Labute approximate surface area is 44.6 Å². The molecule has 0 saturated heterocycles. The zero-order valence-corrected chi connectivity index (χ0v) is 4.69. The number of rotatable bonds is 0. The van der Waals surface area contributed by atoms with Crippen molar-refractivity contribution in [3.63, 3.8) is 0 Å². The Morgan fingerprint density at radius 1 is 1.00 bits per heavy atom. The number of hydrogen-bond acceptors (Lipinski definition) is 2. The smallest absolute Gasteiger partial charge is 0.870 e. The molecular weight excluding hydrogens is 140 g/mol. The van der Waals surface area contributed by atoms with Crippen LogP contribution in [0.25, 0.3) is 0 Å². The molecule has 0 unspecified atom stereocenters. The largest absolute Gasteiger partial charge is 0.870 e. The van der Waals surface area contributed by atoms with Gasteiger partial charge < -0.3 is 11.0 Å². The molecule has 0 saturated carbocycles. The van der Waals surface area contributed by atoms with Crippen LogP contribution in [0.4, 0.5) is 1.92 Å². The third-order valence-electron chi connectivity index (χ3n) is 0. The van der Waals surface area contributed by atoms with Gasteiger partial charge in [0.2, 0.25) is 0 Å². The fourth-order valence-corrected chi connectivity index (χ4v) is 0. The SMILES string of the molecule is [F][Y+2].[OH-].[OH-]. The first-order chi connectivity index (χ1) is 1.00. The third kappa shape index (κ3) is 12.4. The van der Waals surface area contributed by atoms with Crippen LogP contribution in [0.5, 0.6) is 0 Å². The fraction of sp³-hybridized carbons (Fsp3) is 0. The predicted octanol–water partition coefficient (Wildman–Crippen LogP) is 0.0641. The minimum atomic E-state index is -0.150. The van der Waals surface area contributed by atoms with Gasteiger partial charge in [-0.25, -0.2) is 0 Å². The zero-order chi connectivity index (χ0) is 2.00. The van der Waals surface area contributed by atoms with Gasteiger partial charge in [-0.05, 0) is 0 Å². The van der Waals surface area contributed by atoms with Crippen molar-refractivity contribution < 1.29 is 44.5 Å². The van der Waals surface area contributed by atoms with Crippen molar-refractivity contribution in [2.45, 2.75) is 0 Å². The van der Waals surface area contributed by atoms with Crippen LogP contribution < -0.4 is 0 Å². The number of hydrogen-bond donors (Lipinski definition) is 0. The summed E-state index contributed by atoms with van der Waals surface area (Å²) in [5.74, 6) is 0. The van der Waals surface area contributed by atoms with Crippen LogP contribution in [-0.4, -0.2) is 11.0 Å². The molecule has 0 aromatic heterocycles. The molecule has 4 heteroatoms. The van der Waals surface area contributed by atoms with Crippen molar-refractivity contribution in [2.24, 2.45) is 0 Å². The Hall–Kier alpha value is 0.954. The van der Waals surface area contributed by atoms with Crippen molar-refractivity contribution in [2.75, 3.05) is 0 Å². The van der Waals surface area contributed by atoms with E-state index in [-0.39, 0.29) is 42.6 Å². The van der Waals surface area contributed by atoms with Gasteiger partial charge in [-0.3, -0.25) is 0 Å². The van der Waals surface area contributed by atoms with Crippen molar-refractivity contribution in [3.8, 4) is 0 Å². The summed E-state index contributed by atoms with van der Waals surface area (Å²) in [4.78, 5) is 0. The summed E-state index contributed by atoms with van der Waals surface area (Å²) in [7, 11) is 0. The first-order valence-electron chi connectivity index (χ1n) is 0.218. The van der Waals surface area contributed by atoms with Crippen molar-refractivity contribution in [3.05, 3.63) is 0 Å². The van der Waals surface area contributed by atoms with Gasteiger partial charge in [0.25, 0.3) is 0 Å². The average molecular weight is 142 g/mol. The molecule has 0 aliphatic rings. The summed E-state index contributed by atoms with van der Waals surface area (Å²) in [6.07, 6.45) is 0. The van der Waals surface area contributed by atoms with E-state index in [1.165, 1.54) is 0 Å². The molecule has 0 aromatic rings. The molecule has 2 N–H and O–H groups in total. The fourth-order valence-electron chi connectivity index (χ4n) is 0. The minimum Gasteiger partial charge on any atom is -0.870 e. The second-order valence-electron chi connectivity index (χ2n) is 0. The van der Waals surface area contributed by atoms with E-state index in [9.17, 15) is 1.92 Å². The molecule has 0 aliphatic heterocycles. The minimum absolute atomic E-state index is 0. The summed E-state index contributed by atoms with van der Waals surface area (Å²) in [6.45, 7) is 0. The van der Waals surface area contributed by atoms with Gasteiger partial charge in [-0.1, -0.05) is 0 Å². The molecule has 0 spiro atoms. The maximum atomic E-state index is 9.63. The van der Waals surface area contributed by atoms with Gasteiger partial charge in [0.05, 0.1) is 0 Å². The molecule has 0 bridgehead atoms. The van der Waals surface area contributed by atoms with E-state index >= 15 is 0 Å². The van der Waals surface area contributed by atoms with Crippen LogP contribution in [0.2, 0.25) is 0 Å². The molecule has 0 rings (SSSR count). The van der Waals surface area contributed by atoms with Crippen molar-refractivity contribution in [1.29, 1.82) is 0 Å². The van der Waals surface area contributed by atoms with E-state index in [2.05, 4.69) is 0 Å². The monoisotopic (exact) mass is 142 g/mol. The molecule has 0 radical (unpaired) electrons.